The zero-order valence-electron chi connectivity index (χ0n) is 25.4. The molecular weight excluding hydrogens is 510 g/mol. The standard InChI is InChI=1S/C31H49N3O6/c1-9-12-13-14-20-34(29(37)26(22(4)5)33-30(38)40-31(6,7)8)27(24-17-15-16-23(10-2)21-24)28(36)32-19-18-25(35)39-11-3/h10,15-17,21-22,26-27H,2,9,11-14,18-20H2,1,3-8H3,(H,32,36)(H,33,38). The van der Waals surface area contributed by atoms with Crippen LogP contribution in [-0.2, 0) is 23.9 Å². The first-order valence-corrected chi connectivity index (χ1v) is 14.3. The van der Waals surface area contributed by atoms with Crippen molar-refractivity contribution in [2.45, 2.75) is 98.3 Å². The minimum Gasteiger partial charge on any atom is -0.466 e. The second kappa shape index (κ2) is 17.4. The van der Waals surface area contributed by atoms with Gasteiger partial charge in [-0.05, 0) is 57.2 Å². The molecule has 1 aromatic rings. The predicted octanol–water partition coefficient (Wildman–Crippen LogP) is 5.40. The maximum absolute atomic E-state index is 14.2. The molecule has 0 fully saturated rings. The lowest BCUT2D eigenvalue weighted by Crippen LogP contribution is -2.55. The van der Waals surface area contributed by atoms with Crippen molar-refractivity contribution in [2.75, 3.05) is 19.7 Å². The van der Waals surface area contributed by atoms with Crippen molar-refractivity contribution < 1.29 is 28.7 Å². The molecule has 1 rings (SSSR count). The average Bonchev–Trinajstić information content (AvgIpc) is 2.87. The van der Waals surface area contributed by atoms with Crippen molar-refractivity contribution in [3.8, 4) is 0 Å². The van der Waals surface area contributed by atoms with Crippen molar-refractivity contribution in [2.24, 2.45) is 5.92 Å². The van der Waals surface area contributed by atoms with Gasteiger partial charge in [0.25, 0.3) is 0 Å². The summed E-state index contributed by atoms with van der Waals surface area (Å²) in [6.07, 6.45) is 4.57. The van der Waals surface area contributed by atoms with E-state index >= 15 is 0 Å². The van der Waals surface area contributed by atoms with Crippen LogP contribution in [-0.4, -0.2) is 60.1 Å². The smallest absolute Gasteiger partial charge is 0.408 e. The maximum atomic E-state index is 14.2. The number of alkyl carbamates (subject to hydrolysis) is 1. The highest BCUT2D eigenvalue weighted by Gasteiger charge is 2.37. The molecule has 1 aromatic carbocycles. The highest BCUT2D eigenvalue weighted by atomic mass is 16.6. The Morgan fingerprint density at radius 1 is 1.07 bits per heavy atom. The molecule has 0 spiro atoms. The third-order valence-electron chi connectivity index (χ3n) is 6.10. The topological polar surface area (TPSA) is 114 Å². The number of amides is 3. The minimum absolute atomic E-state index is 0.0122. The number of hydrogen-bond acceptors (Lipinski definition) is 6. The summed E-state index contributed by atoms with van der Waals surface area (Å²) in [6.45, 7) is 17.2. The SMILES string of the molecule is C=Cc1cccc(C(C(=O)NCCC(=O)OCC)N(CCCCCC)C(=O)C(NC(=O)OC(C)(C)C)C(C)C)c1. The van der Waals surface area contributed by atoms with E-state index in [0.29, 0.717) is 18.5 Å². The van der Waals surface area contributed by atoms with E-state index in [4.69, 9.17) is 9.47 Å². The van der Waals surface area contributed by atoms with Crippen LogP contribution in [0.4, 0.5) is 4.79 Å². The zero-order valence-corrected chi connectivity index (χ0v) is 25.4. The fourth-order valence-corrected chi connectivity index (χ4v) is 4.15. The van der Waals surface area contributed by atoms with Crippen molar-refractivity contribution in [3.05, 3.63) is 42.0 Å². The molecule has 2 atom stereocenters. The van der Waals surface area contributed by atoms with Crippen LogP contribution in [0.3, 0.4) is 0 Å². The van der Waals surface area contributed by atoms with E-state index in [-0.39, 0.29) is 31.4 Å². The van der Waals surface area contributed by atoms with E-state index in [1.165, 1.54) is 0 Å². The summed E-state index contributed by atoms with van der Waals surface area (Å²) in [5.41, 5.74) is 0.670. The van der Waals surface area contributed by atoms with E-state index in [2.05, 4.69) is 24.1 Å². The molecule has 0 bridgehead atoms. The second-order valence-corrected chi connectivity index (χ2v) is 11.1. The van der Waals surface area contributed by atoms with Crippen LogP contribution in [0.1, 0.15) is 97.7 Å². The molecular formula is C31H49N3O6. The number of carbonyl (C=O) groups is 4. The third-order valence-corrected chi connectivity index (χ3v) is 6.10. The molecule has 0 aliphatic rings. The molecule has 2 N–H and O–H groups in total. The number of nitrogens with zero attached hydrogens (tertiary/aromatic N) is 1. The normalized spacial score (nSPS) is 12.7. The van der Waals surface area contributed by atoms with E-state index in [9.17, 15) is 19.2 Å². The molecule has 0 heterocycles. The van der Waals surface area contributed by atoms with E-state index < -0.39 is 35.7 Å². The van der Waals surface area contributed by atoms with Crippen molar-refractivity contribution in [3.63, 3.8) is 0 Å². The Morgan fingerprint density at radius 3 is 2.35 bits per heavy atom. The average molecular weight is 560 g/mol. The fourth-order valence-electron chi connectivity index (χ4n) is 4.15. The van der Waals surface area contributed by atoms with Gasteiger partial charge in [0.2, 0.25) is 11.8 Å². The van der Waals surface area contributed by atoms with Gasteiger partial charge in [-0.2, -0.15) is 0 Å². The number of benzene rings is 1. The Balaban J connectivity index is 3.46. The maximum Gasteiger partial charge on any atom is 0.408 e. The van der Waals surface area contributed by atoms with Gasteiger partial charge in [0.15, 0.2) is 0 Å². The summed E-state index contributed by atoms with van der Waals surface area (Å²) in [5.74, 6) is -1.49. The summed E-state index contributed by atoms with van der Waals surface area (Å²) >= 11 is 0. The van der Waals surface area contributed by atoms with Crippen LogP contribution in [0.25, 0.3) is 6.08 Å². The highest BCUT2D eigenvalue weighted by molar-refractivity contribution is 5.92. The largest absolute Gasteiger partial charge is 0.466 e. The first kappa shape index (κ1) is 34.7. The zero-order chi connectivity index (χ0) is 30.3. The van der Waals surface area contributed by atoms with Crippen LogP contribution in [0.5, 0.6) is 0 Å². The van der Waals surface area contributed by atoms with Crippen molar-refractivity contribution in [1.29, 1.82) is 0 Å². The Bertz CT molecular complexity index is 986. The molecule has 2 unspecified atom stereocenters. The number of esters is 1. The van der Waals surface area contributed by atoms with Gasteiger partial charge >= 0.3 is 12.1 Å². The first-order chi connectivity index (χ1) is 18.8. The van der Waals surface area contributed by atoms with E-state index in [1.54, 1.807) is 44.7 Å². The van der Waals surface area contributed by atoms with Gasteiger partial charge in [0, 0.05) is 13.1 Å². The highest BCUT2D eigenvalue weighted by Crippen LogP contribution is 2.26. The quantitative estimate of drug-likeness (QED) is 0.207. The van der Waals surface area contributed by atoms with Gasteiger partial charge < -0.3 is 25.0 Å². The Hall–Kier alpha value is -3.36. The summed E-state index contributed by atoms with van der Waals surface area (Å²) in [5, 5.41) is 5.55. The van der Waals surface area contributed by atoms with E-state index in [0.717, 1.165) is 24.8 Å². The van der Waals surface area contributed by atoms with Crippen LogP contribution >= 0.6 is 0 Å². The molecule has 0 radical (unpaired) electrons. The second-order valence-electron chi connectivity index (χ2n) is 11.1. The fraction of sp³-hybridized carbons (Fsp3) is 0.613. The van der Waals surface area contributed by atoms with Crippen LogP contribution < -0.4 is 10.6 Å². The van der Waals surface area contributed by atoms with Gasteiger partial charge in [0.05, 0.1) is 13.0 Å². The van der Waals surface area contributed by atoms with Crippen molar-refractivity contribution >= 4 is 30.0 Å². The van der Waals surface area contributed by atoms with Gasteiger partial charge in [0.1, 0.15) is 17.7 Å². The first-order valence-electron chi connectivity index (χ1n) is 14.3. The van der Waals surface area contributed by atoms with Gasteiger partial charge in [-0.3, -0.25) is 14.4 Å². The summed E-state index contributed by atoms with van der Waals surface area (Å²) in [4.78, 5) is 54.0. The Labute approximate surface area is 240 Å². The molecule has 9 heteroatoms. The minimum atomic E-state index is -0.988. The summed E-state index contributed by atoms with van der Waals surface area (Å²) in [6, 6.07) is 5.38. The third kappa shape index (κ3) is 12.2. The number of carbonyl (C=O) groups excluding carboxylic acids is 4. The van der Waals surface area contributed by atoms with E-state index in [1.807, 2.05) is 32.0 Å². The molecule has 3 amide bonds. The lowest BCUT2D eigenvalue weighted by Gasteiger charge is -2.35. The summed E-state index contributed by atoms with van der Waals surface area (Å²) in [7, 11) is 0. The number of unbranched alkanes of at least 4 members (excludes halogenated alkanes) is 3. The summed E-state index contributed by atoms with van der Waals surface area (Å²) < 4.78 is 10.4. The number of rotatable bonds is 16. The lowest BCUT2D eigenvalue weighted by molar-refractivity contribution is -0.144. The predicted molar refractivity (Wildman–Crippen MR) is 157 cm³/mol. The monoisotopic (exact) mass is 559 g/mol. The molecule has 224 valence electrons. The Kier molecular flexibility index (Phi) is 15.0. The molecule has 0 aliphatic carbocycles. The van der Waals surface area contributed by atoms with Gasteiger partial charge in [-0.25, -0.2) is 4.79 Å². The molecule has 40 heavy (non-hydrogen) atoms. The number of nitrogens with one attached hydrogen (secondary N) is 2. The Morgan fingerprint density at radius 2 is 1.77 bits per heavy atom. The molecule has 0 saturated carbocycles. The number of hydrogen-bond donors (Lipinski definition) is 2. The van der Waals surface area contributed by atoms with Gasteiger partial charge in [-0.15, -0.1) is 0 Å². The molecule has 0 aliphatic heterocycles. The molecule has 0 saturated heterocycles. The van der Waals surface area contributed by atoms with Crippen LogP contribution in [0.15, 0.2) is 30.8 Å². The van der Waals surface area contributed by atoms with Crippen molar-refractivity contribution in [1.82, 2.24) is 15.5 Å². The lowest BCUT2D eigenvalue weighted by atomic mass is 9.97. The molecule has 0 aromatic heterocycles. The van der Waals surface area contributed by atoms with Gasteiger partial charge in [-0.1, -0.05) is 70.9 Å². The van der Waals surface area contributed by atoms with Crippen LogP contribution in [0, 0.1) is 5.92 Å². The molecule has 9 nitrogen and oxygen atoms in total. The number of ether oxygens (including phenoxy) is 2. The van der Waals surface area contributed by atoms with Crippen LogP contribution in [0.2, 0.25) is 0 Å².